The van der Waals surface area contributed by atoms with Crippen molar-refractivity contribution >= 4 is 5.97 Å². The second kappa shape index (κ2) is 4.14. The molecule has 5 heteroatoms. The molecule has 0 aliphatic carbocycles. The standard InChI is InChI=1S/C11H9FN2O2/c12-9-2-3-10(11(15)16)8(6-9)7-14-5-1-4-13-14/h1-6H,7H2,(H,15,16). The number of rotatable bonds is 3. The van der Waals surface area contributed by atoms with Crippen LogP contribution < -0.4 is 0 Å². The molecular weight excluding hydrogens is 211 g/mol. The van der Waals surface area contributed by atoms with Gasteiger partial charge in [0.15, 0.2) is 0 Å². The third-order valence-electron chi connectivity index (χ3n) is 2.19. The van der Waals surface area contributed by atoms with Gasteiger partial charge in [-0.25, -0.2) is 9.18 Å². The van der Waals surface area contributed by atoms with E-state index in [0.717, 1.165) is 6.07 Å². The number of benzene rings is 1. The van der Waals surface area contributed by atoms with Crippen LogP contribution in [0, 0.1) is 5.82 Å². The number of halogens is 1. The molecule has 0 saturated heterocycles. The van der Waals surface area contributed by atoms with E-state index in [9.17, 15) is 9.18 Å². The lowest BCUT2D eigenvalue weighted by atomic mass is 10.1. The van der Waals surface area contributed by atoms with E-state index in [1.165, 1.54) is 12.1 Å². The van der Waals surface area contributed by atoms with Gasteiger partial charge in [-0.3, -0.25) is 4.68 Å². The van der Waals surface area contributed by atoms with E-state index in [1.54, 1.807) is 23.1 Å². The molecule has 0 amide bonds. The summed E-state index contributed by atoms with van der Waals surface area (Å²) in [4.78, 5) is 10.9. The van der Waals surface area contributed by atoms with Crippen LogP contribution >= 0.6 is 0 Å². The number of carboxylic acid groups (broad SMARTS) is 1. The summed E-state index contributed by atoms with van der Waals surface area (Å²) >= 11 is 0. The molecule has 0 aliphatic rings. The second-order valence-electron chi connectivity index (χ2n) is 3.31. The van der Waals surface area contributed by atoms with Gasteiger partial charge in [0.25, 0.3) is 0 Å². The summed E-state index contributed by atoms with van der Waals surface area (Å²) in [7, 11) is 0. The van der Waals surface area contributed by atoms with Crippen molar-refractivity contribution < 1.29 is 14.3 Å². The van der Waals surface area contributed by atoms with Gasteiger partial charge in [0.05, 0.1) is 12.1 Å². The Kier molecular flexibility index (Phi) is 2.68. The van der Waals surface area contributed by atoms with Crippen molar-refractivity contribution in [1.82, 2.24) is 9.78 Å². The predicted molar refractivity (Wildman–Crippen MR) is 54.7 cm³/mol. The summed E-state index contributed by atoms with van der Waals surface area (Å²) < 4.78 is 14.6. The highest BCUT2D eigenvalue weighted by molar-refractivity contribution is 5.89. The molecule has 1 aromatic heterocycles. The van der Waals surface area contributed by atoms with Crippen molar-refractivity contribution in [2.45, 2.75) is 6.54 Å². The normalized spacial score (nSPS) is 10.3. The molecule has 0 unspecified atom stereocenters. The van der Waals surface area contributed by atoms with E-state index in [1.807, 2.05) is 0 Å². The number of hydrogen-bond acceptors (Lipinski definition) is 2. The summed E-state index contributed by atoms with van der Waals surface area (Å²) in [5, 5.41) is 12.9. The molecule has 82 valence electrons. The van der Waals surface area contributed by atoms with E-state index >= 15 is 0 Å². The summed E-state index contributed by atoms with van der Waals surface area (Å²) in [6.07, 6.45) is 3.27. The van der Waals surface area contributed by atoms with E-state index in [-0.39, 0.29) is 12.1 Å². The summed E-state index contributed by atoms with van der Waals surface area (Å²) in [6.45, 7) is 0.242. The molecule has 2 rings (SSSR count). The van der Waals surface area contributed by atoms with Gasteiger partial charge >= 0.3 is 5.97 Å². The molecule has 16 heavy (non-hydrogen) atoms. The van der Waals surface area contributed by atoms with Crippen LogP contribution in [0.1, 0.15) is 15.9 Å². The third-order valence-corrected chi connectivity index (χ3v) is 2.19. The maximum atomic E-state index is 13.0. The average molecular weight is 220 g/mol. The molecule has 0 saturated carbocycles. The van der Waals surface area contributed by atoms with E-state index < -0.39 is 11.8 Å². The number of hydrogen-bond donors (Lipinski definition) is 1. The molecule has 0 aliphatic heterocycles. The first-order chi connectivity index (χ1) is 7.66. The van der Waals surface area contributed by atoms with Gasteiger partial charge in [-0.2, -0.15) is 5.10 Å². The van der Waals surface area contributed by atoms with Crippen LogP contribution in [-0.2, 0) is 6.54 Å². The Morgan fingerprint density at radius 3 is 2.94 bits per heavy atom. The highest BCUT2D eigenvalue weighted by Gasteiger charge is 2.11. The molecule has 1 N–H and O–H groups in total. The first kappa shape index (κ1) is 10.4. The molecule has 2 aromatic rings. The van der Waals surface area contributed by atoms with Crippen LogP contribution in [-0.4, -0.2) is 20.9 Å². The molecule has 4 nitrogen and oxygen atoms in total. The fourth-order valence-electron chi connectivity index (χ4n) is 1.47. The van der Waals surface area contributed by atoms with Gasteiger partial charge in [-0.05, 0) is 29.8 Å². The van der Waals surface area contributed by atoms with Crippen LogP contribution in [0.15, 0.2) is 36.7 Å². The lowest BCUT2D eigenvalue weighted by Gasteiger charge is -2.06. The number of nitrogens with zero attached hydrogens (tertiary/aromatic N) is 2. The van der Waals surface area contributed by atoms with E-state index in [2.05, 4.69) is 5.10 Å². The SMILES string of the molecule is O=C(O)c1ccc(F)cc1Cn1cccn1. The Labute approximate surface area is 90.9 Å². The van der Waals surface area contributed by atoms with Crippen molar-refractivity contribution in [2.75, 3.05) is 0 Å². The van der Waals surface area contributed by atoms with Gasteiger partial charge in [-0.15, -0.1) is 0 Å². The number of aromatic nitrogens is 2. The minimum Gasteiger partial charge on any atom is -0.478 e. The topological polar surface area (TPSA) is 55.1 Å². The highest BCUT2D eigenvalue weighted by atomic mass is 19.1. The van der Waals surface area contributed by atoms with Crippen LogP contribution in [0.4, 0.5) is 4.39 Å². The fourth-order valence-corrected chi connectivity index (χ4v) is 1.47. The highest BCUT2D eigenvalue weighted by Crippen LogP contribution is 2.12. The minimum absolute atomic E-state index is 0.0944. The molecule has 0 spiro atoms. The molecule has 0 bridgehead atoms. The first-order valence-corrected chi connectivity index (χ1v) is 4.66. The summed E-state index contributed by atoms with van der Waals surface area (Å²) in [5.74, 6) is -1.52. The summed E-state index contributed by atoms with van der Waals surface area (Å²) in [5.41, 5.74) is 0.494. The van der Waals surface area contributed by atoms with Crippen molar-refractivity contribution in [3.8, 4) is 0 Å². The molecular formula is C11H9FN2O2. The quantitative estimate of drug-likeness (QED) is 0.857. The zero-order valence-electron chi connectivity index (χ0n) is 8.30. The van der Waals surface area contributed by atoms with Crippen molar-refractivity contribution in [1.29, 1.82) is 0 Å². The molecule has 1 heterocycles. The Hall–Kier alpha value is -2.17. The van der Waals surface area contributed by atoms with Crippen molar-refractivity contribution in [2.24, 2.45) is 0 Å². The van der Waals surface area contributed by atoms with E-state index in [0.29, 0.717) is 5.56 Å². The fraction of sp³-hybridized carbons (Fsp3) is 0.0909. The number of carbonyl (C=O) groups is 1. The zero-order valence-corrected chi connectivity index (χ0v) is 8.30. The van der Waals surface area contributed by atoms with Gasteiger partial charge in [0, 0.05) is 12.4 Å². The van der Waals surface area contributed by atoms with Gasteiger partial charge < -0.3 is 5.11 Å². The van der Waals surface area contributed by atoms with Crippen LogP contribution in [0.25, 0.3) is 0 Å². The van der Waals surface area contributed by atoms with Gasteiger partial charge in [0.1, 0.15) is 5.82 Å². The largest absolute Gasteiger partial charge is 0.478 e. The van der Waals surface area contributed by atoms with Crippen molar-refractivity contribution in [3.05, 3.63) is 53.6 Å². The van der Waals surface area contributed by atoms with Gasteiger partial charge in [0.2, 0.25) is 0 Å². The number of carboxylic acids is 1. The second-order valence-corrected chi connectivity index (χ2v) is 3.31. The average Bonchev–Trinajstić information content (AvgIpc) is 2.70. The monoisotopic (exact) mass is 220 g/mol. The lowest BCUT2D eigenvalue weighted by molar-refractivity contribution is 0.0695. The molecule has 0 radical (unpaired) electrons. The molecule has 0 fully saturated rings. The minimum atomic E-state index is -1.07. The molecule has 0 atom stereocenters. The number of aromatic carboxylic acids is 1. The van der Waals surface area contributed by atoms with Crippen LogP contribution in [0.2, 0.25) is 0 Å². The van der Waals surface area contributed by atoms with E-state index in [4.69, 9.17) is 5.11 Å². The maximum Gasteiger partial charge on any atom is 0.336 e. The van der Waals surface area contributed by atoms with Crippen LogP contribution in [0.5, 0.6) is 0 Å². The van der Waals surface area contributed by atoms with Crippen molar-refractivity contribution in [3.63, 3.8) is 0 Å². The maximum absolute atomic E-state index is 13.0. The smallest absolute Gasteiger partial charge is 0.336 e. The first-order valence-electron chi connectivity index (χ1n) is 4.66. The van der Waals surface area contributed by atoms with Gasteiger partial charge in [-0.1, -0.05) is 0 Å². The lowest BCUT2D eigenvalue weighted by Crippen LogP contribution is -2.08. The Morgan fingerprint density at radius 1 is 1.50 bits per heavy atom. The predicted octanol–water partition coefficient (Wildman–Crippen LogP) is 1.77. The van der Waals surface area contributed by atoms with Crippen LogP contribution in [0.3, 0.4) is 0 Å². The Balaban J connectivity index is 2.38. The molecule has 1 aromatic carbocycles. The third kappa shape index (κ3) is 2.08. The Bertz CT molecular complexity index is 509. The zero-order chi connectivity index (χ0) is 11.5. The summed E-state index contributed by atoms with van der Waals surface area (Å²) in [6, 6.07) is 5.33. The Morgan fingerprint density at radius 2 is 2.31 bits per heavy atom.